The summed E-state index contributed by atoms with van der Waals surface area (Å²) in [5.74, 6) is 0. The smallest absolute Gasteiger partial charge is 0.279 e. The van der Waals surface area contributed by atoms with Crippen molar-refractivity contribution in [2.24, 2.45) is 0 Å². The van der Waals surface area contributed by atoms with Crippen LogP contribution in [0.25, 0.3) is 0 Å². The fraction of sp³-hybridized carbons (Fsp3) is 0.786. The van der Waals surface area contributed by atoms with Crippen molar-refractivity contribution in [3.8, 4) is 0 Å². The zero-order valence-electron chi connectivity index (χ0n) is 12.0. The number of hydrogen-bond donors (Lipinski definition) is 2. The maximum Gasteiger partial charge on any atom is 0.279 e. The summed E-state index contributed by atoms with van der Waals surface area (Å²) in [5.41, 5.74) is 0. The van der Waals surface area contributed by atoms with Crippen molar-refractivity contribution in [1.29, 1.82) is 0 Å². The van der Waals surface area contributed by atoms with Gasteiger partial charge in [-0.05, 0) is 32.7 Å². The third kappa shape index (κ3) is 5.91. The van der Waals surface area contributed by atoms with Crippen molar-refractivity contribution < 1.29 is 4.79 Å². The van der Waals surface area contributed by atoms with Crippen LogP contribution < -0.4 is 10.6 Å². The zero-order chi connectivity index (χ0) is 13.6. The first-order valence-electron chi connectivity index (χ1n) is 6.74. The number of hydrogen-bond acceptors (Lipinski definition) is 3. The van der Waals surface area contributed by atoms with E-state index in [0.717, 1.165) is 25.7 Å². The van der Waals surface area contributed by atoms with E-state index in [2.05, 4.69) is 43.6 Å². The first-order chi connectivity index (χ1) is 8.42. The first-order valence-corrected chi connectivity index (χ1v) is 7.56. The standard InChI is InChI=1S/C14H26N2OS/c1-14(2,3)18-13(17)16-12-10-8-6-5-7-9-11(12)15-4/h5-6,11-12,15H,7-10H2,1-4H3,(H,16,17)/b6-5+/t11-,12+/m0/s1. The predicted molar refractivity (Wildman–Crippen MR) is 80.1 cm³/mol. The fourth-order valence-corrected chi connectivity index (χ4v) is 2.93. The molecule has 0 aliphatic heterocycles. The van der Waals surface area contributed by atoms with Crippen molar-refractivity contribution in [3.05, 3.63) is 12.2 Å². The van der Waals surface area contributed by atoms with Crippen molar-refractivity contribution in [2.45, 2.75) is 63.3 Å². The fourth-order valence-electron chi connectivity index (χ4n) is 2.17. The third-order valence-electron chi connectivity index (χ3n) is 3.01. The SMILES string of the molecule is CN[C@H]1CC/C=C/CC[C@H]1NC(=O)SC(C)(C)C. The molecule has 0 radical (unpaired) electrons. The van der Waals surface area contributed by atoms with Crippen LogP contribution in [0.3, 0.4) is 0 Å². The lowest BCUT2D eigenvalue weighted by Gasteiger charge is -2.29. The van der Waals surface area contributed by atoms with E-state index in [0.29, 0.717) is 6.04 Å². The van der Waals surface area contributed by atoms with Gasteiger partial charge in [-0.3, -0.25) is 4.79 Å². The van der Waals surface area contributed by atoms with Gasteiger partial charge in [-0.25, -0.2) is 0 Å². The second kappa shape index (κ2) is 7.19. The molecule has 1 rings (SSSR count). The first kappa shape index (κ1) is 15.6. The van der Waals surface area contributed by atoms with E-state index in [4.69, 9.17) is 0 Å². The highest BCUT2D eigenvalue weighted by molar-refractivity contribution is 8.14. The number of rotatable bonds is 2. The quantitative estimate of drug-likeness (QED) is 0.756. The van der Waals surface area contributed by atoms with Gasteiger partial charge < -0.3 is 10.6 Å². The molecule has 0 bridgehead atoms. The normalized spacial score (nSPS) is 27.1. The minimum atomic E-state index is -0.0270. The molecular formula is C14H26N2OS. The highest BCUT2D eigenvalue weighted by atomic mass is 32.2. The number of likely N-dealkylation sites (N-methyl/N-ethyl adjacent to an activating group) is 1. The van der Waals surface area contributed by atoms with Crippen molar-refractivity contribution in [3.63, 3.8) is 0 Å². The lowest BCUT2D eigenvalue weighted by Crippen LogP contribution is -2.48. The zero-order valence-corrected chi connectivity index (χ0v) is 12.8. The molecule has 1 aliphatic rings. The van der Waals surface area contributed by atoms with E-state index in [9.17, 15) is 4.79 Å². The van der Waals surface area contributed by atoms with Crippen LogP contribution in [0.4, 0.5) is 4.79 Å². The molecule has 0 aromatic rings. The van der Waals surface area contributed by atoms with Gasteiger partial charge in [0.05, 0.1) is 0 Å². The summed E-state index contributed by atoms with van der Waals surface area (Å²) in [6.07, 6.45) is 8.69. The van der Waals surface area contributed by atoms with Gasteiger partial charge in [0.1, 0.15) is 0 Å². The van der Waals surface area contributed by atoms with Gasteiger partial charge in [-0.15, -0.1) is 0 Å². The number of allylic oxidation sites excluding steroid dienone is 2. The summed E-state index contributed by atoms with van der Waals surface area (Å²) in [6.45, 7) is 6.19. The number of carbonyl (C=O) groups excluding carboxylic acids is 1. The Bertz CT molecular complexity index is 297. The van der Waals surface area contributed by atoms with Crippen LogP contribution in [0.5, 0.6) is 0 Å². The highest BCUT2D eigenvalue weighted by Gasteiger charge is 2.24. The Hall–Kier alpha value is -0.480. The van der Waals surface area contributed by atoms with Crippen LogP contribution in [0.1, 0.15) is 46.5 Å². The van der Waals surface area contributed by atoms with Gasteiger partial charge in [0.15, 0.2) is 0 Å². The second-order valence-electron chi connectivity index (χ2n) is 5.77. The van der Waals surface area contributed by atoms with Gasteiger partial charge >= 0.3 is 0 Å². The molecule has 0 saturated heterocycles. The van der Waals surface area contributed by atoms with E-state index in [1.165, 1.54) is 11.8 Å². The van der Waals surface area contributed by atoms with Crippen LogP contribution in [0.15, 0.2) is 12.2 Å². The Morgan fingerprint density at radius 2 is 1.72 bits per heavy atom. The molecule has 2 atom stereocenters. The number of thioether (sulfide) groups is 1. The average Bonchev–Trinajstić information content (AvgIpc) is 2.20. The summed E-state index contributed by atoms with van der Waals surface area (Å²) in [6, 6.07) is 0.613. The molecular weight excluding hydrogens is 244 g/mol. The van der Waals surface area contributed by atoms with Crippen LogP contribution in [-0.2, 0) is 0 Å². The highest BCUT2D eigenvalue weighted by Crippen LogP contribution is 2.24. The molecule has 1 aliphatic carbocycles. The van der Waals surface area contributed by atoms with Gasteiger partial charge in [0.2, 0.25) is 0 Å². The van der Waals surface area contributed by atoms with Crippen molar-refractivity contribution in [1.82, 2.24) is 10.6 Å². The largest absolute Gasteiger partial charge is 0.343 e. The summed E-state index contributed by atoms with van der Waals surface area (Å²) >= 11 is 1.38. The molecule has 0 fully saturated rings. The summed E-state index contributed by atoms with van der Waals surface area (Å²) in [4.78, 5) is 12.0. The minimum absolute atomic E-state index is 0.0270. The Kier molecular flexibility index (Phi) is 6.22. The van der Waals surface area contributed by atoms with E-state index in [1.54, 1.807) is 0 Å². The number of carbonyl (C=O) groups is 1. The molecule has 0 unspecified atom stereocenters. The molecule has 0 aromatic heterocycles. The third-order valence-corrected chi connectivity index (χ3v) is 3.93. The summed E-state index contributed by atoms with van der Waals surface area (Å²) in [5, 5.41) is 6.60. The van der Waals surface area contributed by atoms with Crippen LogP contribution in [-0.4, -0.2) is 29.1 Å². The maximum atomic E-state index is 12.0. The lowest BCUT2D eigenvalue weighted by atomic mass is 9.96. The maximum absolute atomic E-state index is 12.0. The van der Waals surface area contributed by atoms with Crippen LogP contribution in [0.2, 0.25) is 0 Å². The number of amides is 1. The van der Waals surface area contributed by atoms with E-state index in [1.807, 2.05) is 7.05 Å². The topological polar surface area (TPSA) is 41.1 Å². The summed E-state index contributed by atoms with van der Waals surface area (Å²) < 4.78 is -0.0270. The Morgan fingerprint density at radius 1 is 1.17 bits per heavy atom. The number of nitrogens with one attached hydrogen (secondary N) is 2. The average molecular weight is 270 g/mol. The lowest BCUT2D eigenvalue weighted by molar-refractivity contribution is 0.251. The monoisotopic (exact) mass is 270 g/mol. The summed E-state index contributed by atoms with van der Waals surface area (Å²) in [7, 11) is 1.98. The predicted octanol–water partition coefficient (Wildman–Crippen LogP) is 3.31. The van der Waals surface area contributed by atoms with Gasteiger partial charge in [0, 0.05) is 16.8 Å². The molecule has 2 N–H and O–H groups in total. The van der Waals surface area contributed by atoms with Crippen molar-refractivity contribution >= 4 is 17.0 Å². The molecule has 0 spiro atoms. The van der Waals surface area contributed by atoms with E-state index < -0.39 is 0 Å². The molecule has 0 heterocycles. The molecule has 3 nitrogen and oxygen atoms in total. The minimum Gasteiger partial charge on any atom is -0.343 e. The molecule has 4 heteroatoms. The Morgan fingerprint density at radius 3 is 2.22 bits per heavy atom. The van der Waals surface area contributed by atoms with Gasteiger partial charge in [0.25, 0.3) is 5.24 Å². The molecule has 0 aromatic carbocycles. The Labute approximate surface area is 115 Å². The molecule has 1 amide bonds. The second-order valence-corrected chi connectivity index (χ2v) is 7.57. The van der Waals surface area contributed by atoms with Crippen molar-refractivity contribution in [2.75, 3.05) is 7.05 Å². The van der Waals surface area contributed by atoms with E-state index >= 15 is 0 Å². The van der Waals surface area contributed by atoms with Crippen LogP contribution >= 0.6 is 11.8 Å². The Balaban J connectivity index is 2.55. The molecule has 18 heavy (non-hydrogen) atoms. The molecule has 104 valence electrons. The van der Waals surface area contributed by atoms with Gasteiger partial charge in [-0.2, -0.15) is 0 Å². The van der Waals surface area contributed by atoms with Crippen LogP contribution in [0, 0.1) is 0 Å². The molecule has 0 saturated carbocycles. The van der Waals surface area contributed by atoms with Gasteiger partial charge in [-0.1, -0.05) is 44.7 Å². The van der Waals surface area contributed by atoms with E-state index in [-0.39, 0.29) is 16.0 Å².